The molecule has 1 aromatic carbocycles. The van der Waals surface area contributed by atoms with Crippen LogP contribution >= 0.6 is 0 Å². The quantitative estimate of drug-likeness (QED) is 0.313. The molecule has 1 heterocycles. The monoisotopic (exact) mass is 372 g/mol. The summed E-state index contributed by atoms with van der Waals surface area (Å²) in [6.45, 7) is 14.4. The van der Waals surface area contributed by atoms with Crippen LogP contribution in [-0.2, 0) is 17.8 Å². The zero-order valence-corrected chi connectivity index (χ0v) is 17.3. The Kier molecular flexibility index (Phi) is 9.36. The number of hydrogen-bond acceptors (Lipinski definition) is 3. The van der Waals surface area contributed by atoms with E-state index in [1.807, 2.05) is 6.08 Å². The van der Waals surface area contributed by atoms with Crippen LogP contribution in [0.25, 0.3) is 0 Å². The SMILES string of the molecule is C=CCCCN(C)C(=NCc1cccc(CN2CCOC(C)C2)c1)NCC. The van der Waals surface area contributed by atoms with Crippen LogP contribution in [0.5, 0.6) is 0 Å². The molecule has 1 unspecified atom stereocenters. The summed E-state index contributed by atoms with van der Waals surface area (Å²) in [5.74, 6) is 0.967. The first kappa shape index (κ1) is 21.5. The van der Waals surface area contributed by atoms with Gasteiger partial charge < -0.3 is 15.0 Å². The number of hydrogen-bond donors (Lipinski definition) is 1. The Bertz CT molecular complexity index is 602. The van der Waals surface area contributed by atoms with Gasteiger partial charge in [-0.25, -0.2) is 4.99 Å². The number of morpholine rings is 1. The molecule has 0 aliphatic carbocycles. The number of benzene rings is 1. The highest BCUT2D eigenvalue weighted by Crippen LogP contribution is 2.13. The average molecular weight is 373 g/mol. The third kappa shape index (κ3) is 7.73. The number of unbranched alkanes of at least 4 members (excludes halogenated alkanes) is 1. The lowest BCUT2D eigenvalue weighted by molar-refractivity contribution is -0.0212. The van der Waals surface area contributed by atoms with E-state index in [9.17, 15) is 0 Å². The molecule has 0 spiro atoms. The van der Waals surface area contributed by atoms with E-state index >= 15 is 0 Å². The van der Waals surface area contributed by atoms with Crippen molar-refractivity contribution in [2.75, 3.05) is 39.8 Å². The fourth-order valence-electron chi connectivity index (χ4n) is 3.33. The Labute approximate surface area is 165 Å². The van der Waals surface area contributed by atoms with E-state index in [-0.39, 0.29) is 0 Å². The number of nitrogens with one attached hydrogen (secondary N) is 1. The largest absolute Gasteiger partial charge is 0.376 e. The summed E-state index contributed by atoms with van der Waals surface area (Å²) in [5, 5.41) is 3.39. The van der Waals surface area contributed by atoms with Crippen LogP contribution < -0.4 is 5.32 Å². The fourth-order valence-corrected chi connectivity index (χ4v) is 3.33. The lowest BCUT2D eigenvalue weighted by Gasteiger charge is -2.31. The van der Waals surface area contributed by atoms with Crippen LogP contribution in [0, 0.1) is 0 Å². The molecule has 150 valence electrons. The van der Waals surface area contributed by atoms with Crippen molar-refractivity contribution in [2.45, 2.75) is 45.9 Å². The molecule has 0 bridgehead atoms. The number of nitrogens with zero attached hydrogens (tertiary/aromatic N) is 3. The van der Waals surface area contributed by atoms with Crippen LogP contribution in [0.1, 0.15) is 37.8 Å². The normalized spacial score (nSPS) is 18.3. The number of ether oxygens (including phenoxy) is 1. The predicted molar refractivity (Wildman–Crippen MR) is 114 cm³/mol. The Morgan fingerprint density at radius 1 is 1.44 bits per heavy atom. The number of allylic oxidation sites excluding steroid dienone is 1. The van der Waals surface area contributed by atoms with Crippen LogP contribution in [-0.4, -0.2) is 61.7 Å². The van der Waals surface area contributed by atoms with E-state index in [0.717, 1.165) is 58.1 Å². The topological polar surface area (TPSA) is 40.1 Å². The minimum Gasteiger partial charge on any atom is -0.376 e. The highest BCUT2D eigenvalue weighted by molar-refractivity contribution is 5.79. The Morgan fingerprint density at radius 3 is 3.00 bits per heavy atom. The molecule has 5 nitrogen and oxygen atoms in total. The van der Waals surface area contributed by atoms with Crippen molar-refractivity contribution >= 4 is 5.96 Å². The number of rotatable bonds is 9. The van der Waals surface area contributed by atoms with Gasteiger partial charge >= 0.3 is 0 Å². The first-order chi connectivity index (χ1) is 13.1. The molecule has 27 heavy (non-hydrogen) atoms. The van der Waals surface area contributed by atoms with Crippen LogP contribution in [0.2, 0.25) is 0 Å². The van der Waals surface area contributed by atoms with Gasteiger partial charge in [0.2, 0.25) is 0 Å². The van der Waals surface area contributed by atoms with E-state index in [2.05, 4.69) is 66.9 Å². The molecule has 0 radical (unpaired) electrons. The molecule has 1 saturated heterocycles. The molecule has 0 amide bonds. The molecule has 1 N–H and O–H groups in total. The molecule has 2 rings (SSSR count). The highest BCUT2D eigenvalue weighted by Gasteiger charge is 2.16. The maximum Gasteiger partial charge on any atom is 0.193 e. The van der Waals surface area contributed by atoms with Crippen molar-refractivity contribution in [3.63, 3.8) is 0 Å². The van der Waals surface area contributed by atoms with E-state index in [1.165, 1.54) is 11.1 Å². The summed E-state index contributed by atoms with van der Waals surface area (Å²) in [4.78, 5) is 9.50. The molecule has 5 heteroatoms. The average Bonchev–Trinajstić information content (AvgIpc) is 2.65. The zero-order valence-electron chi connectivity index (χ0n) is 17.3. The van der Waals surface area contributed by atoms with Crippen molar-refractivity contribution < 1.29 is 4.74 Å². The van der Waals surface area contributed by atoms with Gasteiger partial charge in [-0.2, -0.15) is 0 Å². The van der Waals surface area contributed by atoms with E-state index in [0.29, 0.717) is 12.6 Å². The van der Waals surface area contributed by atoms with Crippen LogP contribution in [0.15, 0.2) is 41.9 Å². The standard InChI is InChI=1S/C22H36N4O/c1-5-7-8-12-25(4)22(23-6-2)24-16-20-10-9-11-21(15-20)18-26-13-14-27-19(3)17-26/h5,9-11,15,19H,1,6-8,12-14,16-18H2,2-4H3,(H,23,24). The van der Waals surface area contributed by atoms with Gasteiger partial charge in [-0.05, 0) is 37.8 Å². The highest BCUT2D eigenvalue weighted by atomic mass is 16.5. The molecule has 1 aromatic rings. The van der Waals surface area contributed by atoms with Gasteiger partial charge in [0.25, 0.3) is 0 Å². The van der Waals surface area contributed by atoms with Gasteiger partial charge in [0.05, 0.1) is 19.3 Å². The van der Waals surface area contributed by atoms with Crippen molar-refractivity contribution in [3.05, 3.63) is 48.0 Å². The minimum atomic E-state index is 0.325. The smallest absolute Gasteiger partial charge is 0.193 e. The molecule has 1 atom stereocenters. The van der Waals surface area contributed by atoms with E-state index < -0.39 is 0 Å². The van der Waals surface area contributed by atoms with Gasteiger partial charge in [0, 0.05) is 39.8 Å². The number of guanidine groups is 1. The summed E-state index contributed by atoms with van der Waals surface area (Å²) < 4.78 is 5.64. The second-order valence-corrected chi connectivity index (χ2v) is 7.26. The molecule has 1 aliphatic rings. The summed E-state index contributed by atoms with van der Waals surface area (Å²) in [5.41, 5.74) is 2.60. The third-order valence-electron chi connectivity index (χ3n) is 4.73. The van der Waals surface area contributed by atoms with Crippen LogP contribution in [0.4, 0.5) is 0 Å². The lowest BCUT2D eigenvalue weighted by Crippen LogP contribution is -2.40. The van der Waals surface area contributed by atoms with Crippen LogP contribution in [0.3, 0.4) is 0 Å². The van der Waals surface area contributed by atoms with Gasteiger partial charge in [-0.15, -0.1) is 6.58 Å². The van der Waals surface area contributed by atoms with Gasteiger partial charge in [0.15, 0.2) is 5.96 Å². The van der Waals surface area contributed by atoms with Crippen molar-refractivity contribution in [2.24, 2.45) is 4.99 Å². The maximum absolute atomic E-state index is 5.64. The third-order valence-corrected chi connectivity index (χ3v) is 4.73. The van der Waals surface area contributed by atoms with E-state index in [4.69, 9.17) is 9.73 Å². The second-order valence-electron chi connectivity index (χ2n) is 7.26. The Balaban J connectivity index is 1.95. The van der Waals surface area contributed by atoms with Gasteiger partial charge in [-0.3, -0.25) is 4.90 Å². The van der Waals surface area contributed by atoms with Gasteiger partial charge in [-0.1, -0.05) is 30.3 Å². The second kappa shape index (κ2) is 11.8. The molecule has 1 fully saturated rings. The summed E-state index contributed by atoms with van der Waals surface area (Å²) in [6.07, 6.45) is 4.42. The Hall–Kier alpha value is -1.85. The first-order valence-corrected chi connectivity index (χ1v) is 10.1. The first-order valence-electron chi connectivity index (χ1n) is 10.1. The van der Waals surface area contributed by atoms with Crippen molar-refractivity contribution in [1.29, 1.82) is 0 Å². The minimum absolute atomic E-state index is 0.325. The van der Waals surface area contributed by atoms with Crippen molar-refractivity contribution in [1.82, 2.24) is 15.1 Å². The summed E-state index contributed by atoms with van der Waals surface area (Å²) in [7, 11) is 2.10. The zero-order chi connectivity index (χ0) is 19.5. The van der Waals surface area contributed by atoms with E-state index in [1.54, 1.807) is 0 Å². The Morgan fingerprint density at radius 2 is 2.26 bits per heavy atom. The summed E-state index contributed by atoms with van der Waals surface area (Å²) in [6, 6.07) is 8.80. The maximum atomic E-state index is 5.64. The number of aliphatic imine (C=N–C) groups is 1. The molecular formula is C22H36N4O. The molecule has 1 aliphatic heterocycles. The summed E-state index contributed by atoms with van der Waals surface area (Å²) >= 11 is 0. The molecule has 0 aromatic heterocycles. The molecule has 0 saturated carbocycles. The van der Waals surface area contributed by atoms with Crippen molar-refractivity contribution in [3.8, 4) is 0 Å². The fraction of sp³-hybridized carbons (Fsp3) is 0.591. The lowest BCUT2D eigenvalue weighted by atomic mass is 10.1. The predicted octanol–water partition coefficient (Wildman–Crippen LogP) is 3.27. The van der Waals surface area contributed by atoms with Gasteiger partial charge in [0.1, 0.15) is 0 Å². The molecular weight excluding hydrogens is 336 g/mol.